The van der Waals surface area contributed by atoms with Crippen molar-refractivity contribution in [2.24, 2.45) is 0 Å². The standard InChI is InChI=1S/C16H28N2O2/c1-4-5-6-7-8-9-10-11-12-18(2)14-15(13-17)16(19)20-3/h14H,4-12H2,1-3H3/b15-14+. The molecule has 0 spiro atoms. The number of carbonyl (C=O) groups is 1. The van der Waals surface area contributed by atoms with Crippen molar-refractivity contribution in [3.63, 3.8) is 0 Å². The normalized spacial score (nSPS) is 11.0. The predicted octanol–water partition coefficient (Wildman–Crippen LogP) is 3.64. The van der Waals surface area contributed by atoms with Crippen molar-refractivity contribution in [2.45, 2.75) is 58.3 Å². The van der Waals surface area contributed by atoms with Gasteiger partial charge in [0.25, 0.3) is 0 Å². The van der Waals surface area contributed by atoms with Crippen LogP contribution in [-0.2, 0) is 9.53 Å². The Morgan fingerprint density at radius 3 is 2.20 bits per heavy atom. The smallest absolute Gasteiger partial charge is 0.350 e. The van der Waals surface area contributed by atoms with Crippen LogP contribution >= 0.6 is 0 Å². The van der Waals surface area contributed by atoms with E-state index < -0.39 is 5.97 Å². The van der Waals surface area contributed by atoms with Gasteiger partial charge in [0.15, 0.2) is 5.57 Å². The van der Waals surface area contributed by atoms with E-state index in [0.29, 0.717) is 0 Å². The highest BCUT2D eigenvalue weighted by Crippen LogP contribution is 2.09. The van der Waals surface area contributed by atoms with Gasteiger partial charge in [-0.2, -0.15) is 5.26 Å². The zero-order valence-electron chi connectivity index (χ0n) is 13.2. The summed E-state index contributed by atoms with van der Waals surface area (Å²) in [6.45, 7) is 3.09. The van der Waals surface area contributed by atoms with Crippen LogP contribution in [0.5, 0.6) is 0 Å². The molecule has 0 amide bonds. The van der Waals surface area contributed by atoms with Crippen LogP contribution in [0.15, 0.2) is 11.8 Å². The third kappa shape index (κ3) is 9.43. The number of unbranched alkanes of at least 4 members (excludes halogenated alkanes) is 7. The Morgan fingerprint density at radius 2 is 1.70 bits per heavy atom. The summed E-state index contributed by atoms with van der Waals surface area (Å²) in [7, 11) is 3.16. The average Bonchev–Trinajstić information content (AvgIpc) is 2.46. The van der Waals surface area contributed by atoms with Gasteiger partial charge in [0.05, 0.1) is 7.11 Å². The molecule has 0 aromatic carbocycles. The number of hydrogen-bond acceptors (Lipinski definition) is 4. The lowest BCUT2D eigenvalue weighted by molar-refractivity contribution is -0.135. The Balaban J connectivity index is 3.73. The van der Waals surface area contributed by atoms with Gasteiger partial charge < -0.3 is 9.64 Å². The lowest BCUT2D eigenvalue weighted by atomic mass is 10.1. The van der Waals surface area contributed by atoms with Gasteiger partial charge in [0.2, 0.25) is 0 Å². The molecule has 0 heterocycles. The molecular formula is C16H28N2O2. The molecule has 0 saturated heterocycles. The number of ether oxygens (including phenoxy) is 1. The van der Waals surface area contributed by atoms with E-state index in [0.717, 1.165) is 13.0 Å². The molecule has 0 rings (SSSR count). The van der Waals surface area contributed by atoms with Crippen LogP contribution in [0.25, 0.3) is 0 Å². The minimum Gasteiger partial charge on any atom is -0.465 e. The molecule has 0 fully saturated rings. The number of carbonyl (C=O) groups excluding carboxylic acids is 1. The quantitative estimate of drug-likeness (QED) is 0.251. The topological polar surface area (TPSA) is 53.3 Å². The largest absolute Gasteiger partial charge is 0.465 e. The summed E-state index contributed by atoms with van der Waals surface area (Å²) in [6, 6.07) is 1.86. The monoisotopic (exact) mass is 280 g/mol. The van der Waals surface area contributed by atoms with Crippen LogP contribution in [0.1, 0.15) is 58.3 Å². The molecule has 0 aromatic heterocycles. The van der Waals surface area contributed by atoms with Crippen molar-refractivity contribution in [1.82, 2.24) is 4.90 Å². The summed E-state index contributed by atoms with van der Waals surface area (Å²) in [5.41, 5.74) is 0.0505. The summed E-state index contributed by atoms with van der Waals surface area (Å²) < 4.78 is 4.54. The third-order valence-electron chi connectivity index (χ3n) is 3.24. The average molecular weight is 280 g/mol. The van der Waals surface area contributed by atoms with Crippen molar-refractivity contribution in [1.29, 1.82) is 5.26 Å². The summed E-state index contributed by atoms with van der Waals surface area (Å²) in [4.78, 5) is 13.1. The molecule has 114 valence electrons. The second-order valence-electron chi connectivity index (χ2n) is 5.10. The molecule has 20 heavy (non-hydrogen) atoms. The Labute approximate surface area is 123 Å². The molecular weight excluding hydrogens is 252 g/mol. The van der Waals surface area contributed by atoms with Gasteiger partial charge in [0.1, 0.15) is 6.07 Å². The number of rotatable bonds is 11. The number of methoxy groups -OCH3 is 1. The van der Waals surface area contributed by atoms with E-state index in [9.17, 15) is 4.79 Å². The minimum atomic E-state index is -0.574. The molecule has 0 bridgehead atoms. The van der Waals surface area contributed by atoms with Crippen molar-refractivity contribution in [2.75, 3.05) is 20.7 Å². The van der Waals surface area contributed by atoms with E-state index in [1.54, 1.807) is 6.20 Å². The summed E-state index contributed by atoms with van der Waals surface area (Å²) in [6.07, 6.45) is 11.7. The molecule has 0 aliphatic heterocycles. The van der Waals surface area contributed by atoms with Crippen LogP contribution in [0.4, 0.5) is 0 Å². The predicted molar refractivity (Wildman–Crippen MR) is 81.0 cm³/mol. The first-order valence-electron chi connectivity index (χ1n) is 7.56. The van der Waals surface area contributed by atoms with E-state index in [2.05, 4.69) is 11.7 Å². The van der Waals surface area contributed by atoms with E-state index in [4.69, 9.17) is 5.26 Å². The highest BCUT2D eigenvalue weighted by Gasteiger charge is 2.09. The fraction of sp³-hybridized carbons (Fsp3) is 0.750. The summed E-state index contributed by atoms with van der Waals surface area (Å²) >= 11 is 0. The Morgan fingerprint density at radius 1 is 1.15 bits per heavy atom. The van der Waals surface area contributed by atoms with E-state index >= 15 is 0 Å². The first-order valence-corrected chi connectivity index (χ1v) is 7.56. The van der Waals surface area contributed by atoms with Crippen LogP contribution in [0, 0.1) is 11.3 Å². The Kier molecular flexibility index (Phi) is 11.6. The molecule has 0 radical (unpaired) electrons. The SMILES string of the molecule is CCCCCCCCCCN(C)/C=C(\C#N)C(=O)OC. The molecule has 0 aliphatic rings. The van der Waals surface area contributed by atoms with Gasteiger partial charge >= 0.3 is 5.97 Å². The number of nitriles is 1. The van der Waals surface area contributed by atoms with Crippen LogP contribution in [0.2, 0.25) is 0 Å². The fourth-order valence-corrected chi connectivity index (χ4v) is 2.02. The van der Waals surface area contributed by atoms with Crippen LogP contribution in [0.3, 0.4) is 0 Å². The van der Waals surface area contributed by atoms with Gasteiger partial charge in [-0.15, -0.1) is 0 Å². The van der Waals surface area contributed by atoms with Gasteiger partial charge in [-0.1, -0.05) is 51.9 Å². The molecule has 0 aromatic rings. The maximum Gasteiger partial charge on any atom is 0.350 e. The molecule has 4 heteroatoms. The summed E-state index contributed by atoms with van der Waals surface area (Å²) in [5.74, 6) is -0.574. The lowest BCUT2D eigenvalue weighted by Crippen LogP contribution is -2.15. The second kappa shape index (κ2) is 12.5. The number of hydrogen-bond donors (Lipinski definition) is 0. The maximum absolute atomic E-state index is 11.2. The highest BCUT2D eigenvalue weighted by atomic mass is 16.5. The van der Waals surface area contributed by atoms with Gasteiger partial charge in [-0.25, -0.2) is 4.79 Å². The molecule has 0 saturated carbocycles. The van der Waals surface area contributed by atoms with Crippen molar-refractivity contribution >= 4 is 5.97 Å². The van der Waals surface area contributed by atoms with E-state index in [1.807, 2.05) is 18.0 Å². The van der Waals surface area contributed by atoms with Crippen LogP contribution < -0.4 is 0 Å². The van der Waals surface area contributed by atoms with Gasteiger partial charge in [-0.05, 0) is 6.42 Å². The molecule has 4 nitrogen and oxygen atoms in total. The van der Waals surface area contributed by atoms with Crippen molar-refractivity contribution in [3.05, 3.63) is 11.8 Å². The lowest BCUT2D eigenvalue weighted by Gasteiger charge is -2.14. The zero-order valence-corrected chi connectivity index (χ0v) is 13.2. The van der Waals surface area contributed by atoms with Crippen LogP contribution in [-0.4, -0.2) is 31.6 Å². The fourth-order valence-electron chi connectivity index (χ4n) is 2.02. The molecule has 0 atom stereocenters. The maximum atomic E-state index is 11.2. The second-order valence-corrected chi connectivity index (χ2v) is 5.10. The Bertz CT molecular complexity index is 332. The highest BCUT2D eigenvalue weighted by molar-refractivity contribution is 5.92. The number of esters is 1. The minimum absolute atomic E-state index is 0.0505. The third-order valence-corrected chi connectivity index (χ3v) is 3.24. The van der Waals surface area contributed by atoms with Gasteiger partial charge in [0, 0.05) is 19.8 Å². The van der Waals surface area contributed by atoms with Crippen molar-refractivity contribution in [3.8, 4) is 6.07 Å². The number of nitrogens with zero attached hydrogens (tertiary/aromatic N) is 2. The molecule has 0 unspecified atom stereocenters. The van der Waals surface area contributed by atoms with Crippen molar-refractivity contribution < 1.29 is 9.53 Å². The van der Waals surface area contributed by atoms with E-state index in [-0.39, 0.29) is 5.57 Å². The Hall–Kier alpha value is -1.50. The molecule has 0 N–H and O–H groups in total. The first kappa shape index (κ1) is 18.5. The zero-order chi connectivity index (χ0) is 15.2. The van der Waals surface area contributed by atoms with Gasteiger partial charge in [-0.3, -0.25) is 0 Å². The summed E-state index contributed by atoms with van der Waals surface area (Å²) in [5, 5.41) is 8.84. The first-order chi connectivity index (χ1) is 9.65. The van der Waals surface area contributed by atoms with E-state index in [1.165, 1.54) is 52.1 Å². The molecule has 0 aliphatic carbocycles.